The highest BCUT2D eigenvalue weighted by molar-refractivity contribution is 5.72. The smallest absolute Gasteiger partial charge is 0.393 e. The van der Waals surface area contributed by atoms with E-state index in [1.807, 2.05) is 4.90 Å². The van der Waals surface area contributed by atoms with Gasteiger partial charge in [-0.25, -0.2) is 0 Å². The minimum Gasteiger partial charge on any atom is -0.393 e. The molecule has 0 aromatic heterocycles. The number of rotatable bonds is 6. The molecule has 0 saturated carbocycles. The van der Waals surface area contributed by atoms with Crippen molar-refractivity contribution in [1.82, 2.24) is 15.5 Å². The molecule has 0 bridgehead atoms. The maximum atomic E-state index is 12.3. The topological polar surface area (TPSA) is 64.6 Å². The van der Waals surface area contributed by atoms with E-state index in [9.17, 15) is 23.1 Å². The van der Waals surface area contributed by atoms with Gasteiger partial charge in [0.15, 0.2) is 0 Å². The molecule has 1 fully saturated rings. The summed E-state index contributed by atoms with van der Waals surface area (Å²) in [6.07, 6.45) is -4.29. The SMILES string of the molecule is CC(=O)NCCN1CC(NCC(F)(F)F)CC(C(C)O)C1. The highest BCUT2D eigenvalue weighted by atomic mass is 19.4. The van der Waals surface area contributed by atoms with E-state index in [0.29, 0.717) is 32.6 Å². The van der Waals surface area contributed by atoms with Crippen molar-refractivity contribution in [3.63, 3.8) is 0 Å². The molecule has 1 saturated heterocycles. The van der Waals surface area contributed by atoms with E-state index in [0.717, 1.165) is 0 Å². The number of piperidine rings is 1. The summed E-state index contributed by atoms with van der Waals surface area (Å²) in [5.74, 6) is -0.201. The van der Waals surface area contributed by atoms with Crippen LogP contribution in [0.4, 0.5) is 13.2 Å². The van der Waals surface area contributed by atoms with E-state index in [4.69, 9.17) is 0 Å². The third kappa shape index (κ3) is 7.63. The number of hydrogen-bond acceptors (Lipinski definition) is 4. The first-order chi connectivity index (χ1) is 9.67. The maximum Gasteiger partial charge on any atom is 0.401 e. The Balaban J connectivity index is 2.49. The fraction of sp³-hybridized carbons (Fsp3) is 0.923. The minimum atomic E-state index is -4.24. The lowest BCUT2D eigenvalue weighted by Crippen LogP contribution is -2.54. The molecule has 3 unspecified atom stereocenters. The predicted molar refractivity (Wildman–Crippen MR) is 72.8 cm³/mol. The van der Waals surface area contributed by atoms with Crippen LogP contribution in [-0.2, 0) is 4.79 Å². The first kappa shape index (κ1) is 18.2. The van der Waals surface area contributed by atoms with Gasteiger partial charge in [-0.2, -0.15) is 13.2 Å². The number of carbonyl (C=O) groups is 1. The monoisotopic (exact) mass is 311 g/mol. The van der Waals surface area contributed by atoms with Gasteiger partial charge in [-0.3, -0.25) is 9.69 Å². The number of carbonyl (C=O) groups excluding carboxylic acids is 1. The van der Waals surface area contributed by atoms with Crippen LogP contribution in [0.5, 0.6) is 0 Å². The Hall–Kier alpha value is -0.860. The summed E-state index contributed by atoms with van der Waals surface area (Å²) in [4.78, 5) is 12.8. The summed E-state index contributed by atoms with van der Waals surface area (Å²) < 4.78 is 36.8. The molecule has 0 aliphatic carbocycles. The molecule has 0 radical (unpaired) electrons. The van der Waals surface area contributed by atoms with Crippen LogP contribution in [0.15, 0.2) is 0 Å². The van der Waals surface area contributed by atoms with Crippen LogP contribution in [0.25, 0.3) is 0 Å². The van der Waals surface area contributed by atoms with Gasteiger partial charge in [0.2, 0.25) is 5.91 Å². The number of likely N-dealkylation sites (tertiary alicyclic amines) is 1. The largest absolute Gasteiger partial charge is 0.401 e. The fourth-order valence-corrected chi connectivity index (χ4v) is 2.56. The van der Waals surface area contributed by atoms with Gasteiger partial charge in [0.05, 0.1) is 12.6 Å². The van der Waals surface area contributed by atoms with Crippen molar-refractivity contribution in [2.24, 2.45) is 5.92 Å². The van der Waals surface area contributed by atoms with Gasteiger partial charge in [-0.1, -0.05) is 0 Å². The molecule has 8 heteroatoms. The van der Waals surface area contributed by atoms with Crippen LogP contribution in [0.1, 0.15) is 20.3 Å². The normalized spacial score (nSPS) is 25.6. The van der Waals surface area contributed by atoms with E-state index in [-0.39, 0.29) is 17.9 Å². The Labute approximate surface area is 122 Å². The van der Waals surface area contributed by atoms with Gasteiger partial charge in [0, 0.05) is 39.1 Å². The van der Waals surface area contributed by atoms with Crippen molar-refractivity contribution in [1.29, 1.82) is 0 Å². The highest BCUT2D eigenvalue weighted by Crippen LogP contribution is 2.21. The number of hydrogen-bond donors (Lipinski definition) is 3. The molecule has 0 aromatic rings. The molecular weight excluding hydrogens is 287 g/mol. The Morgan fingerprint density at radius 3 is 2.62 bits per heavy atom. The van der Waals surface area contributed by atoms with Crippen LogP contribution < -0.4 is 10.6 Å². The van der Waals surface area contributed by atoms with E-state index < -0.39 is 18.8 Å². The summed E-state index contributed by atoms with van der Waals surface area (Å²) in [7, 11) is 0. The Morgan fingerprint density at radius 2 is 2.10 bits per heavy atom. The lowest BCUT2D eigenvalue weighted by molar-refractivity contribution is -0.127. The van der Waals surface area contributed by atoms with Crippen molar-refractivity contribution in [2.45, 2.75) is 38.6 Å². The highest BCUT2D eigenvalue weighted by Gasteiger charge is 2.33. The number of alkyl halides is 3. The van der Waals surface area contributed by atoms with E-state index in [2.05, 4.69) is 10.6 Å². The summed E-state index contributed by atoms with van der Waals surface area (Å²) >= 11 is 0. The molecule has 1 amide bonds. The molecule has 3 N–H and O–H groups in total. The van der Waals surface area contributed by atoms with Crippen LogP contribution in [-0.4, -0.2) is 67.0 Å². The van der Waals surface area contributed by atoms with Gasteiger partial charge in [-0.05, 0) is 19.3 Å². The molecule has 1 heterocycles. The van der Waals surface area contributed by atoms with E-state index in [1.54, 1.807) is 6.92 Å². The van der Waals surface area contributed by atoms with E-state index >= 15 is 0 Å². The van der Waals surface area contributed by atoms with Crippen molar-refractivity contribution in [3.05, 3.63) is 0 Å². The molecule has 1 aliphatic rings. The first-order valence-electron chi connectivity index (χ1n) is 7.12. The Morgan fingerprint density at radius 1 is 1.43 bits per heavy atom. The summed E-state index contributed by atoms with van der Waals surface area (Å²) in [5, 5.41) is 14.9. The van der Waals surface area contributed by atoms with Crippen molar-refractivity contribution >= 4 is 5.91 Å². The first-order valence-corrected chi connectivity index (χ1v) is 7.12. The van der Waals surface area contributed by atoms with Crippen LogP contribution in [0.2, 0.25) is 0 Å². The number of aliphatic hydroxyl groups is 1. The zero-order valence-electron chi connectivity index (χ0n) is 12.4. The number of aliphatic hydroxyl groups excluding tert-OH is 1. The second-order valence-electron chi connectivity index (χ2n) is 5.67. The maximum absolute atomic E-state index is 12.3. The second kappa shape index (κ2) is 7.95. The van der Waals surface area contributed by atoms with Gasteiger partial charge < -0.3 is 15.7 Å². The lowest BCUT2D eigenvalue weighted by atomic mass is 9.90. The molecule has 5 nitrogen and oxygen atoms in total. The average molecular weight is 311 g/mol. The quantitative estimate of drug-likeness (QED) is 0.662. The van der Waals surface area contributed by atoms with Crippen LogP contribution in [0.3, 0.4) is 0 Å². The number of nitrogens with one attached hydrogen (secondary N) is 2. The standard InChI is InChI=1S/C13H24F3N3O2/c1-9(20)11-5-12(18-8-13(14,15)16)7-19(6-11)4-3-17-10(2)21/h9,11-12,18,20H,3-8H2,1-2H3,(H,17,21). The van der Waals surface area contributed by atoms with Crippen LogP contribution >= 0.6 is 0 Å². The minimum absolute atomic E-state index is 0.0678. The molecule has 0 spiro atoms. The molecular formula is C13H24F3N3O2. The summed E-state index contributed by atoms with van der Waals surface area (Å²) in [5.41, 5.74) is 0. The third-order valence-corrected chi connectivity index (χ3v) is 3.63. The van der Waals surface area contributed by atoms with Crippen molar-refractivity contribution < 1.29 is 23.1 Å². The van der Waals surface area contributed by atoms with Crippen molar-refractivity contribution in [2.75, 3.05) is 32.7 Å². The molecule has 1 rings (SSSR count). The van der Waals surface area contributed by atoms with Crippen molar-refractivity contribution in [3.8, 4) is 0 Å². The van der Waals surface area contributed by atoms with Crippen LogP contribution in [0, 0.1) is 5.92 Å². The number of amides is 1. The molecule has 0 aromatic carbocycles. The summed E-state index contributed by atoms with van der Waals surface area (Å²) in [6, 6.07) is -0.308. The van der Waals surface area contributed by atoms with Gasteiger partial charge >= 0.3 is 6.18 Å². The van der Waals surface area contributed by atoms with Gasteiger partial charge in [0.1, 0.15) is 0 Å². The van der Waals surface area contributed by atoms with Gasteiger partial charge in [0.25, 0.3) is 0 Å². The fourth-order valence-electron chi connectivity index (χ4n) is 2.56. The second-order valence-corrected chi connectivity index (χ2v) is 5.67. The molecule has 124 valence electrons. The lowest BCUT2D eigenvalue weighted by Gasteiger charge is -2.39. The average Bonchev–Trinajstić information content (AvgIpc) is 2.35. The zero-order chi connectivity index (χ0) is 16.0. The Bertz CT molecular complexity index is 337. The third-order valence-electron chi connectivity index (χ3n) is 3.63. The molecule has 21 heavy (non-hydrogen) atoms. The summed E-state index contributed by atoms with van der Waals surface area (Å²) in [6.45, 7) is 4.18. The zero-order valence-corrected chi connectivity index (χ0v) is 12.4. The number of halogens is 3. The van der Waals surface area contributed by atoms with Gasteiger partial charge in [-0.15, -0.1) is 0 Å². The predicted octanol–water partition coefficient (Wildman–Crippen LogP) is 0.346. The number of nitrogens with zero attached hydrogens (tertiary/aromatic N) is 1. The molecule has 1 aliphatic heterocycles. The Kier molecular flexibility index (Phi) is 6.89. The molecule has 3 atom stereocenters. The van der Waals surface area contributed by atoms with E-state index in [1.165, 1.54) is 6.92 Å².